The minimum Gasteiger partial charge on any atom is -0.314 e. The van der Waals surface area contributed by atoms with Crippen molar-refractivity contribution in [3.8, 4) is 0 Å². The minimum absolute atomic E-state index is 0.555. The maximum atomic E-state index is 3.46. The summed E-state index contributed by atoms with van der Waals surface area (Å²) < 4.78 is 0. The number of nitrogens with one attached hydrogen (secondary N) is 1. The Morgan fingerprint density at radius 3 is 2.57 bits per heavy atom. The van der Waals surface area contributed by atoms with Gasteiger partial charge in [-0.25, -0.2) is 0 Å². The summed E-state index contributed by atoms with van der Waals surface area (Å²) in [6.45, 7) is 9.49. The third kappa shape index (κ3) is 3.85. The molecule has 2 aliphatic rings. The van der Waals surface area contributed by atoms with E-state index in [0.29, 0.717) is 12.1 Å². The Bertz CT molecular complexity index is 414. The van der Waals surface area contributed by atoms with E-state index in [0.717, 1.165) is 13.1 Å². The van der Waals surface area contributed by atoms with Crippen LogP contribution < -0.4 is 5.32 Å². The summed E-state index contributed by atoms with van der Waals surface area (Å²) in [6.07, 6.45) is 4.10. The molecule has 2 atom stereocenters. The molecule has 3 nitrogen and oxygen atoms in total. The molecule has 21 heavy (non-hydrogen) atoms. The van der Waals surface area contributed by atoms with Crippen molar-refractivity contribution in [1.29, 1.82) is 0 Å². The SMILES string of the molecule is CC1CCCCN1C(CN1CCNCC1)c1ccccc1. The number of rotatable bonds is 4. The van der Waals surface area contributed by atoms with Gasteiger partial charge >= 0.3 is 0 Å². The van der Waals surface area contributed by atoms with Crippen LogP contribution in [0.1, 0.15) is 37.8 Å². The number of hydrogen-bond acceptors (Lipinski definition) is 3. The molecule has 1 aromatic rings. The Morgan fingerprint density at radius 2 is 1.86 bits per heavy atom. The largest absolute Gasteiger partial charge is 0.314 e. The molecule has 0 bridgehead atoms. The van der Waals surface area contributed by atoms with Gasteiger partial charge < -0.3 is 5.32 Å². The highest BCUT2D eigenvalue weighted by Gasteiger charge is 2.28. The highest BCUT2D eigenvalue weighted by atomic mass is 15.3. The summed E-state index contributed by atoms with van der Waals surface area (Å²) in [6, 6.07) is 12.4. The number of hydrogen-bond donors (Lipinski definition) is 1. The van der Waals surface area contributed by atoms with Crippen molar-refractivity contribution in [3.05, 3.63) is 35.9 Å². The third-order valence-electron chi connectivity index (χ3n) is 5.08. The molecule has 0 radical (unpaired) electrons. The van der Waals surface area contributed by atoms with Crippen molar-refractivity contribution in [3.63, 3.8) is 0 Å². The molecular weight excluding hydrogens is 258 g/mol. The zero-order valence-electron chi connectivity index (χ0n) is 13.3. The van der Waals surface area contributed by atoms with Crippen LogP contribution in [0.5, 0.6) is 0 Å². The molecule has 3 rings (SSSR count). The lowest BCUT2D eigenvalue weighted by atomic mass is 9.96. The second kappa shape index (κ2) is 7.39. The Kier molecular flexibility index (Phi) is 5.28. The average Bonchev–Trinajstić information content (AvgIpc) is 2.55. The molecule has 2 aliphatic heterocycles. The lowest BCUT2D eigenvalue weighted by Crippen LogP contribution is -2.49. The molecule has 2 fully saturated rings. The minimum atomic E-state index is 0.555. The van der Waals surface area contributed by atoms with Gasteiger partial charge in [-0.05, 0) is 31.9 Å². The van der Waals surface area contributed by atoms with Gasteiger partial charge in [-0.15, -0.1) is 0 Å². The monoisotopic (exact) mass is 287 g/mol. The van der Waals surface area contributed by atoms with E-state index < -0.39 is 0 Å². The first-order chi connectivity index (χ1) is 10.3. The van der Waals surface area contributed by atoms with E-state index in [1.807, 2.05) is 0 Å². The van der Waals surface area contributed by atoms with Crippen LogP contribution in [0.25, 0.3) is 0 Å². The van der Waals surface area contributed by atoms with Crippen LogP contribution in [0.15, 0.2) is 30.3 Å². The third-order valence-corrected chi connectivity index (χ3v) is 5.08. The molecule has 1 N–H and O–H groups in total. The van der Waals surface area contributed by atoms with Gasteiger partial charge in [-0.1, -0.05) is 36.8 Å². The van der Waals surface area contributed by atoms with Crippen molar-refractivity contribution in [1.82, 2.24) is 15.1 Å². The molecule has 0 saturated carbocycles. The van der Waals surface area contributed by atoms with E-state index in [9.17, 15) is 0 Å². The van der Waals surface area contributed by atoms with Crippen molar-refractivity contribution in [2.75, 3.05) is 39.3 Å². The van der Waals surface area contributed by atoms with Crippen LogP contribution in [0, 0.1) is 0 Å². The number of benzene rings is 1. The van der Waals surface area contributed by atoms with E-state index in [1.54, 1.807) is 0 Å². The first kappa shape index (κ1) is 15.0. The van der Waals surface area contributed by atoms with E-state index >= 15 is 0 Å². The van der Waals surface area contributed by atoms with E-state index in [2.05, 4.69) is 52.4 Å². The van der Waals surface area contributed by atoms with E-state index in [1.165, 1.54) is 51.0 Å². The summed E-state index contributed by atoms with van der Waals surface area (Å²) in [5, 5.41) is 3.46. The fourth-order valence-corrected chi connectivity index (χ4v) is 3.80. The number of piperidine rings is 1. The van der Waals surface area contributed by atoms with Crippen LogP contribution in [0.3, 0.4) is 0 Å². The molecule has 0 spiro atoms. The Hall–Kier alpha value is -0.900. The second-order valence-electron chi connectivity index (χ2n) is 6.56. The van der Waals surface area contributed by atoms with Gasteiger partial charge in [0.1, 0.15) is 0 Å². The van der Waals surface area contributed by atoms with Gasteiger partial charge in [-0.3, -0.25) is 9.80 Å². The molecule has 0 aromatic heterocycles. The number of piperazine rings is 1. The van der Waals surface area contributed by atoms with Crippen molar-refractivity contribution >= 4 is 0 Å². The maximum Gasteiger partial charge on any atom is 0.0478 e. The lowest BCUT2D eigenvalue weighted by molar-refractivity contribution is 0.0722. The van der Waals surface area contributed by atoms with Crippen LogP contribution >= 0.6 is 0 Å². The van der Waals surface area contributed by atoms with Gasteiger partial charge in [-0.2, -0.15) is 0 Å². The molecule has 116 valence electrons. The number of nitrogens with zero attached hydrogens (tertiary/aromatic N) is 2. The zero-order chi connectivity index (χ0) is 14.5. The van der Waals surface area contributed by atoms with Gasteiger partial charge in [0.05, 0.1) is 0 Å². The summed E-state index contributed by atoms with van der Waals surface area (Å²) in [7, 11) is 0. The molecule has 2 unspecified atom stereocenters. The fourth-order valence-electron chi connectivity index (χ4n) is 3.80. The highest BCUT2D eigenvalue weighted by Crippen LogP contribution is 2.29. The molecule has 0 aliphatic carbocycles. The summed E-state index contributed by atoms with van der Waals surface area (Å²) in [4.78, 5) is 5.39. The topological polar surface area (TPSA) is 18.5 Å². The molecule has 1 aromatic carbocycles. The Labute approximate surface area is 129 Å². The predicted molar refractivity (Wildman–Crippen MR) is 88.5 cm³/mol. The maximum absolute atomic E-state index is 3.46. The van der Waals surface area contributed by atoms with Gasteiger partial charge in [0.25, 0.3) is 0 Å². The van der Waals surface area contributed by atoms with Gasteiger partial charge in [0.15, 0.2) is 0 Å². The van der Waals surface area contributed by atoms with Gasteiger partial charge in [0, 0.05) is 44.8 Å². The highest BCUT2D eigenvalue weighted by molar-refractivity contribution is 5.20. The first-order valence-electron chi connectivity index (χ1n) is 8.58. The fraction of sp³-hybridized carbons (Fsp3) is 0.667. The van der Waals surface area contributed by atoms with Crippen molar-refractivity contribution in [2.45, 2.75) is 38.3 Å². The Morgan fingerprint density at radius 1 is 1.10 bits per heavy atom. The average molecular weight is 287 g/mol. The lowest BCUT2D eigenvalue weighted by Gasteiger charge is -2.42. The van der Waals surface area contributed by atoms with E-state index in [-0.39, 0.29) is 0 Å². The van der Waals surface area contributed by atoms with Crippen molar-refractivity contribution in [2.24, 2.45) is 0 Å². The van der Waals surface area contributed by atoms with Crippen molar-refractivity contribution < 1.29 is 0 Å². The Balaban J connectivity index is 1.76. The normalized spacial score (nSPS) is 26.6. The molecular formula is C18H29N3. The predicted octanol–water partition coefficient (Wildman–Crippen LogP) is 2.51. The first-order valence-corrected chi connectivity index (χ1v) is 8.58. The standard InChI is InChI=1S/C18H29N3/c1-16-7-5-6-12-21(16)18(17-8-3-2-4-9-17)15-20-13-10-19-11-14-20/h2-4,8-9,16,18-19H,5-7,10-15H2,1H3. The van der Waals surface area contributed by atoms with E-state index in [4.69, 9.17) is 0 Å². The van der Waals surface area contributed by atoms with Crippen LogP contribution in [-0.2, 0) is 0 Å². The van der Waals surface area contributed by atoms with Crippen LogP contribution in [-0.4, -0.2) is 55.1 Å². The smallest absolute Gasteiger partial charge is 0.0478 e. The molecule has 3 heteroatoms. The summed E-state index contributed by atoms with van der Waals surface area (Å²) in [5.41, 5.74) is 1.49. The van der Waals surface area contributed by atoms with Crippen LogP contribution in [0.2, 0.25) is 0 Å². The van der Waals surface area contributed by atoms with Crippen LogP contribution in [0.4, 0.5) is 0 Å². The summed E-state index contributed by atoms with van der Waals surface area (Å²) in [5.74, 6) is 0. The molecule has 2 saturated heterocycles. The molecule has 2 heterocycles. The number of likely N-dealkylation sites (tertiary alicyclic amines) is 1. The molecule has 0 amide bonds. The van der Waals surface area contributed by atoms with Gasteiger partial charge in [0.2, 0.25) is 0 Å². The zero-order valence-corrected chi connectivity index (χ0v) is 13.3. The summed E-state index contributed by atoms with van der Waals surface area (Å²) >= 11 is 0. The second-order valence-corrected chi connectivity index (χ2v) is 6.56. The quantitative estimate of drug-likeness (QED) is 0.918.